The molecule has 6 heteroatoms. The van der Waals surface area contributed by atoms with Crippen LogP contribution in [0.3, 0.4) is 0 Å². The van der Waals surface area contributed by atoms with E-state index in [9.17, 15) is 9.59 Å². The molecule has 2 aliphatic rings. The number of nitrogens with zero attached hydrogens (tertiary/aromatic N) is 3. The molecule has 142 valence electrons. The van der Waals surface area contributed by atoms with Crippen molar-refractivity contribution in [3.05, 3.63) is 63.6 Å². The lowest BCUT2D eigenvalue weighted by atomic mass is 10.1. The Balaban J connectivity index is 1.29. The van der Waals surface area contributed by atoms with E-state index in [1.165, 1.54) is 17.2 Å². The first-order valence-corrected chi connectivity index (χ1v) is 9.82. The summed E-state index contributed by atoms with van der Waals surface area (Å²) >= 11 is 0. The van der Waals surface area contributed by atoms with Crippen LogP contribution < -0.4 is 5.56 Å². The van der Waals surface area contributed by atoms with Gasteiger partial charge in [0.05, 0.1) is 5.69 Å². The molecule has 0 spiro atoms. The third-order valence-electron chi connectivity index (χ3n) is 5.76. The SMILES string of the molecule is O=C(CCc1ccc(=O)[nH]n1)N1CCCN(C2Cc3ccccc3C2)CC1. The van der Waals surface area contributed by atoms with Crippen LogP contribution in [-0.4, -0.2) is 58.1 Å². The summed E-state index contributed by atoms with van der Waals surface area (Å²) in [6.45, 7) is 3.63. The van der Waals surface area contributed by atoms with Crippen LogP contribution in [0.5, 0.6) is 0 Å². The van der Waals surface area contributed by atoms with Crippen LogP contribution in [0.1, 0.15) is 29.7 Å². The van der Waals surface area contributed by atoms with Gasteiger partial charge in [0, 0.05) is 51.1 Å². The zero-order valence-corrected chi connectivity index (χ0v) is 15.6. The number of carbonyl (C=O) groups is 1. The number of H-pyrrole nitrogens is 1. The van der Waals surface area contributed by atoms with Gasteiger partial charge in [-0.1, -0.05) is 24.3 Å². The molecule has 0 unspecified atom stereocenters. The predicted octanol–water partition coefficient (Wildman–Crippen LogP) is 1.40. The van der Waals surface area contributed by atoms with Crippen molar-refractivity contribution in [1.82, 2.24) is 20.0 Å². The first kappa shape index (κ1) is 17.9. The van der Waals surface area contributed by atoms with Crippen molar-refractivity contribution >= 4 is 5.91 Å². The summed E-state index contributed by atoms with van der Waals surface area (Å²) < 4.78 is 0. The fraction of sp³-hybridized carbons (Fsp3) is 0.476. The smallest absolute Gasteiger partial charge is 0.264 e. The maximum atomic E-state index is 12.6. The predicted molar refractivity (Wildman–Crippen MR) is 104 cm³/mol. The second-order valence-corrected chi connectivity index (χ2v) is 7.51. The molecule has 1 fully saturated rings. The second kappa shape index (κ2) is 8.05. The van der Waals surface area contributed by atoms with E-state index in [4.69, 9.17) is 0 Å². The number of hydrogen-bond donors (Lipinski definition) is 1. The fourth-order valence-electron chi connectivity index (χ4n) is 4.25. The number of aromatic nitrogens is 2. The molecule has 1 aliphatic heterocycles. The Hall–Kier alpha value is -2.47. The van der Waals surface area contributed by atoms with Gasteiger partial charge in [-0.2, -0.15) is 5.10 Å². The monoisotopic (exact) mass is 366 g/mol. The van der Waals surface area contributed by atoms with Crippen molar-refractivity contribution in [3.63, 3.8) is 0 Å². The Morgan fingerprint density at radius 1 is 1.04 bits per heavy atom. The molecular weight excluding hydrogens is 340 g/mol. The van der Waals surface area contributed by atoms with E-state index < -0.39 is 0 Å². The standard InChI is InChI=1S/C21H26N4O2/c26-20-8-6-18(22-23-20)7-9-21(27)25-11-3-10-24(12-13-25)19-14-16-4-1-2-5-17(16)15-19/h1-2,4-6,8,19H,3,7,9-15H2,(H,23,26). The lowest BCUT2D eigenvalue weighted by Crippen LogP contribution is -2.40. The quantitative estimate of drug-likeness (QED) is 0.888. The molecule has 0 atom stereocenters. The minimum atomic E-state index is -0.216. The highest BCUT2D eigenvalue weighted by molar-refractivity contribution is 5.76. The molecule has 1 aromatic carbocycles. The number of nitrogens with one attached hydrogen (secondary N) is 1. The number of benzene rings is 1. The van der Waals surface area contributed by atoms with Gasteiger partial charge in [-0.25, -0.2) is 5.10 Å². The van der Waals surface area contributed by atoms with Crippen LogP contribution in [0.25, 0.3) is 0 Å². The van der Waals surface area contributed by atoms with Crippen LogP contribution in [0.4, 0.5) is 0 Å². The molecule has 0 saturated carbocycles. The summed E-state index contributed by atoms with van der Waals surface area (Å²) in [4.78, 5) is 28.2. The molecular formula is C21H26N4O2. The molecule has 2 heterocycles. The van der Waals surface area contributed by atoms with E-state index in [0.29, 0.717) is 18.9 Å². The average molecular weight is 366 g/mol. The normalized spacial score (nSPS) is 18.3. The molecule has 1 aromatic heterocycles. The van der Waals surface area contributed by atoms with Gasteiger partial charge in [-0.3, -0.25) is 14.5 Å². The fourth-order valence-corrected chi connectivity index (χ4v) is 4.25. The van der Waals surface area contributed by atoms with E-state index in [1.807, 2.05) is 4.90 Å². The summed E-state index contributed by atoms with van der Waals surface area (Å²) in [5.74, 6) is 0.180. The van der Waals surface area contributed by atoms with Crippen molar-refractivity contribution in [1.29, 1.82) is 0 Å². The zero-order valence-electron chi connectivity index (χ0n) is 15.6. The molecule has 6 nitrogen and oxygen atoms in total. The van der Waals surface area contributed by atoms with Gasteiger partial charge >= 0.3 is 0 Å². The molecule has 2 aromatic rings. The number of carbonyl (C=O) groups excluding carboxylic acids is 1. The highest BCUT2D eigenvalue weighted by Gasteiger charge is 2.28. The van der Waals surface area contributed by atoms with Gasteiger partial charge in [0.15, 0.2) is 0 Å². The van der Waals surface area contributed by atoms with Gasteiger partial charge in [0.1, 0.15) is 0 Å². The second-order valence-electron chi connectivity index (χ2n) is 7.51. The lowest BCUT2D eigenvalue weighted by Gasteiger charge is -2.27. The van der Waals surface area contributed by atoms with Gasteiger partial charge in [0.2, 0.25) is 5.91 Å². The third-order valence-corrected chi connectivity index (χ3v) is 5.76. The van der Waals surface area contributed by atoms with Crippen molar-refractivity contribution in [2.75, 3.05) is 26.2 Å². The summed E-state index contributed by atoms with van der Waals surface area (Å²) in [5, 5.41) is 6.40. The highest BCUT2D eigenvalue weighted by Crippen LogP contribution is 2.26. The van der Waals surface area contributed by atoms with E-state index in [-0.39, 0.29) is 11.5 Å². The van der Waals surface area contributed by atoms with E-state index in [2.05, 4.69) is 39.4 Å². The Morgan fingerprint density at radius 2 is 1.81 bits per heavy atom. The molecule has 0 radical (unpaired) electrons. The topological polar surface area (TPSA) is 69.3 Å². The van der Waals surface area contributed by atoms with Crippen molar-refractivity contribution in [2.24, 2.45) is 0 Å². The minimum Gasteiger partial charge on any atom is -0.341 e. The van der Waals surface area contributed by atoms with Crippen LogP contribution >= 0.6 is 0 Å². The number of aromatic amines is 1. The van der Waals surface area contributed by atoms with Crippen LogP contribution in [0.15, 0.2) is 41.2 Å². The maximum absolute atomic E-state index is 12.6. The molecule has 1 N–H and O–H groups in total. The number of rotatable bonds is 4. The number of aryl methyl sites for hydroxylation is 1. The van der Waals surface area contributed by atoms with Crippen LogP contribution in [0, 0.1) is 0 Å². The minimum absolute atomic E-state index is 0.180. The Morgan fingerprint density at radius 3 is 2.52 bits per heavy atom. The molecule has 4 rings (SSSR count). The van der Waals surface area contributed by atoms with Crippen molar-refractivity contribution in [2.45, 2.75) is 38.1 Å². The summed E-state index contributed by atoms with van der Waals surface area (Å²) in [5.41, 5.74) is 3.50. The Labute approximate surface area is 159 Å². The number of hydrogen-bond acceptors (Lipinski definition) is 4. The Kier molecular flexibility index (Phi) is 5.34. The lowest BCUT2D eigenvalue weighted by molar-refractivity contribution is -0.131. The van der Waals surface area contributed by atoms with Crippen LogP contribution in [-0.2, 0) is 24.1 Å². The van der Waals surface area contributed by atoms with Gasteiger partial charge in [0.25, 0.3) is 5.56 Å². The third kappa shape index (κ3) is 4.27. The van der Waals surface area contributed by atoms with Crippen LogP contribution in [0.2, 0.25) is 0 Å². The summed E-state index contributed by atoms with van der Waals surface area (Å²) in [6.07, 6.45) is 4.28. The number of amides is 1. The van der Waals surface area contributed by atoms with E-state index in [1.54, 1.807) is 6.07 Å². The average Bonchev–Trinajstić information content (AvgIpc) is 2.96. The van der Waals surface area contributed by atoms with Gasteiger partial charge in [-0.15, -0.1) is 0 Å². The molecule has 1 amide bonds. The van der Waals surface area contributed by atoms with Gasteiger partial charge in [-0.05, 0) is 36.5 Å². The molecule has 0 bridgehead atoms. The van der Waals surface area contributed by atoms with E-state index >= 15 is 0 Å². The molecule has 27 heavy (non-hydrogen) atoms. The highest BCUT2D eigenvalue weighted by atomic mass is 16.2. The van der Waals surface area contributed by atoms with Crippen molar-refractivity contribution < 1.29 is 4.79 Å². The Bertz CT molecular complexity index is 818. The molecule has 1 aliphatic carbocycles. The maximum Gasteiger partial charge on any atom is 0.264 e. The molecule has 1 saturated heterocycles. The zero-order chi connectivity index (χ0) is 18.6. The largest absolute Gasteiger partial charge is 0.341 e. The first-order valence-electron chi connectivity index (χ1n) is 9.82. The summed E-state index contributed by atoms with van der Waals surface area (Å²) in [6, 6.07) is 12.5. The van der Waals surface area contributed by atoms with Crippen molar-refractivity contribution in [3.8, 4) is 0 Å². The van der Waals surface area contributed by atoms with Gasteiger partial charge < -0.3 is 4.90 Å². The first-order chi connectivity index (χ1) is 13.2. The summed E-state index contributed by atoms with van der Waals surface area (Å²) in [7, 11) is 0. The van der Waals surface area contributed by atoms with E-state index in [0.717, 1.165) is 51.1 Å². The number of fused-ring (bicyclic) bond motifs is 1.